The Balaban J connectivity index is 1.67. The Labute approximate surface area is 150 Å². The van der Waals surface area contributed by atoms with Gasteiger partial charge >= 0.3 is 0 Å². The molecule has 0 spiro atoms. The van der Waals surface area contributed by atoms with Crippen molar-refractivity contribution in [2.45, 2.75) is 32.9 Å². The number of benzene rings is 1. The molecule has 2 atom stereocenters. The van der Waals surface area contributed by atoms with Gasteiger partial charge in [-0.25, -0.2) is 9.37 Å². The van der Waals surface area contributed by atoms with Crippen LogP contribution in [0.25, 0.3) is 0 Å². The summed E-state index contributed by atoms with van der Waals surface area (Å²) >= 11 is 1.36. The highest BCUT2D eigenvalue weighted by Gasteiger charge is 2.33. The van der Waals surface area contributed by atoms with E-state index in [2.05, 4.69) is 11.9 Å². The van der Waals surface area contributed by atoms with Gasteiger partial charge in [0.2, 0.25) is 0 Å². The maximum absolute atomic E-state index is 12.9. The molecule has 5 nitrogen and oxygen atoms in total. The molecule has 1 amide bonds. The van der Waals surface area contributed by atoms with Crippen molar-refractivity contribution in [2.75, 3.05) is 13.1 Å². The minimum atomic E-state index is -0.305. The van der Waals surface area contributed by atoms with E-state index in [1.165, 1.54) is 23.5 Å². The Morgan fingerprint density at radius 2 is 2.16 bits per heavy atom. The van der Waals surface area contributed by atoms with E-state index in [-0.39, 0.29) is 24.4 Å². The summed E-state index contributed by atoms with van der Waals surface area (Å²) < 4.78 is 18.5. The zero-order chi connectivity index (χ0) is 18.0. The first-order chi connectivity index (χ1) is 12.0. The summed E-state index contributed by atoms with van der Waals surface area (Å²) in [5, 5.41) is 0.729. The number of nitrogens with zero attached hydrogens (tertiary/aromatic N) is 2. The van der Waals surface area contributed by atoms with Crippen LogP contribution in [0.4, 0.5) is 4.39 Å². The first-order valence-electron chi connectivity index (χ1n) is 8.33. The van der Waals surface area contributed by atoms with Gasteiger partial charge in [-0.15, -0.1) is 11.3 Å². The fourth-order valence-corrected chi connectivity index (χ4v) is 4.05. The van der Waals surface area contributed by atoms with Crippen LogP contribution in [0.2, 0.25) is 0 Å². The number of likely N-dealkylation sites (tertiary alicyclic amines) is 1. The molecule has 1 aromatic heterocycles. The molecular formula is C18H22FN3O2S. The van der Waals surface area contributed by atoms with Gasteiger partial charge in [0.15, 0.2) is 0 Å². The maximum atomic E-state index is 12.9. The molecule has 2 N–H and O–H groups in total. The van der Waals surface area contributed by atoms with Crippen molar-refractivity contribution in [1.29, 1.82) is 0 Å². The van der Waals surface area contributed by atoms with Crippen molar-refractivity contribution in [1.82, 2.24) is 9.88 Å². The van der Waals surface area contributed by atoms with E-state index in [0.29, 0.717) is 29.6 Å². The number of carbonyl (C=O) groups excluding carboxylic acids is 1. The lowest BCUT2D eigenvalue weighted by Crippen LogP contribution is -2.34. The largest absolute Gasteiger partial charge is 0.486 e. The average Bonchev–Trinajstić information content (AvgIpc) is 3.16. The Bertz CT molecular complexity index is 747. The number of ether oxygens (including phenoxy) is 1. The van der Waals surface area contributed by atoms with Crippen LogP contribution in [0.1, 0.15) is 33.7 Å². The summed E-state index contributed by atoms with van der Waals surface area (Å²) in [6.07, 6.45) is 0.945. The van der Waals surface area contributed by atoms with Gasteiger partial charge in [0.05, 0.1) is 5.69 Å². The third-order valence-corrected chi connectivity index (χ3v) is 5.59. The van der Waals surface area contributed by atoms with Gasteiger partial charge in [0, 0.05) is 12.6 Å². The van der Waals surface area contributed by atoms with Gasteiger partial charge in [-0.3, -0.25) is 4.79 Å². The van der Waals surface area contributed by atoms with Crippen molar-refractivity contribution >= 4 is 17.2 Å². The molecule has 134 valence electrons. The van der Waals surface area contributed by atoms with Crippen molar-refractivity contribution in [3.8, 4) is 5.75 Å². The molecular weight excluding hydrogens is 341 g/mol. The predicted molar refractivity (Wildman–Crippen MR) is 95.2 cm³/mol. The first-order valence-corrected chi connectivity index (χ1v) is 9.15. The Kier molecular flexibility index (Phi) is 5.34. The molecule has 2 aromatic rings. The third kappa shape index (κ3) is 3.99. The smallest absolute Gasteiger partial charge is 0.266 e. The molecule has 0 radical (unpaired) electrons. The van der Waals surface area contributed by atoms with Crippen molar-refractivity contribution in [3.63, 3.8) is 0 Å². The highest BCUT2D eigenvalue weighted by Crippen LogP contribution is 2.28. The van der Waals surface area contributed by atoms with Crippen LogP contribution in [0.5, 0.6) is 5.75 Å². The molecule has 1 fully saturated rings. The number of hydrogen-bond donors (Lipinski definition) is 1. The minimum Gasteiger partial charge on any atom is -0.486 e. The summed E-state index contributed by atoms with van der Waals surface area (Å²) in [6.45, 7) is 5.46. The molecule has 2 unspecified atom stereocenters. The van der Waals surface area contributed by atoms with E-state index in [1.807, 2.05) is 11.8 Å². The second kappa shape index (κ2) is 7.49. The number of hydrogen-bond acceptors (Lipinski definition) is 5. The number of halogens is 1. The quantitative estimate of drug-likeness (QED) is 0.887. The molecule has 1 aromatic carbocycles. The number of rotatable bonds is 5. The Morgan fingerprint density at radius 1 is 1.44 bits per heavy atom. The molecule has 2 heterocycles. The molecule has 0 aliphatic carbocycles. The molecule has 1 aliphatic rings. The number of thiazole rings is 1. The van der Waals surface area contributed by atoms with Gasteiger partial charge in [-0.05, 0) is 57.0 Å². The second-order valence-corrected chi connectivity index (χ2v) is 7.49. The zero-order valence-electron chi connectivity index (χ0n) is 14.4. The van der Waals surface area contributed by atoms with Crippen LogP contribution in [0, 0.1) is 18.7 Å². The lowest BCUT2D eigenvalue weighted by atomic mass is 10.1. The number of nitrogens with two attached hydrogens (primary N) is 1. The van der Waals surface area contributed by atoms with E-state index < -0.39 is 0 Å². The van der Waals surface area contributed by atoms with E-state index in [9.17, 15) is 9.18 Å². The summed E-state index contributed by atoms with van der Waals surface area (Å²) in [6, 6.07) is 6.03. The molecule has 7 heteroatoms. The first kappa shape index (κ1) is 17.8. The van der Waals surface area contributed by atoms with E-state index in [0.717, 1.165) is 17.1 Å². The van der Waals surface area contributed by atoms with Crippen LogP contribution in [-0.4, -0.2) is 34.9 Å². The summed E-state index contributed by atoms with van der Waals surface area (Å²) in [5.74, 6) is 0.655. The topological polar surface area (TPSA) is 68.5 Å². The maximum Gasteiger partial charge on any atom is 0.266 e. The van der Waals surface area contributed by atoms with E-state index in [4.69, 9.17) is 10.5 Å². The molecule has 3 rings (SSSR count). The van der Waals surface area contributed by atoms with Gasteiger partial charge < -0.3 is 15.4 Å². The number of aromatic nitrogens is 1. The number of amides is 1. The zero-order valence-corrected chi connectivity index (χ0v) is 15.2. The Hall–Kier alpha value is -1.99. The van der Waals surface area contributed by atoms with Crippen molar-refractivity contribution < 1.29 is 13.9 Å². The van der Waals surface area contributed by atoms with Crippen LogP contribution in [0.3, 0.4) is 0 Å². The van der Waals surface area contributed by atoms with Gasteiger partial charge in [0.25, 0.3) is 5.91 Å². The number of carbonyl (C=O) groups is 1. The van der Waals surface area contributed by atoms with Crippen LogP contribution >= 0.6 is 11.3 Å². The van der Waals surface area contributed by atoms with Crippen LogP contribution < -0.4 is 10.5 Å². The summed E-state index contributed by atoms with van der Waals surface area (Å²) in [7, 11) is 0. The van der Waals surface area contributed by atoms with Crippen molar-refractivity contribution in [2.24, 2.45) is 11.7 Å². The molecule has 0 saturated carbocycles. The molecule has 1 aliphatic heterocycles. The highest BCUT2D eigenvalue weighted by atomic mass is 32.1. The van der Waals surface area contributed by atoms with Crippen LogP contribution in [-0.2, 0) is 6.61 Å². The molecule has 1 saturated heterocycles. The second-order valence-electron chi connectivity index (χ2n) is 6.41. The number of aryl methyl sites for hydroxylation is 1. The normalized spacial score (nSPS) is 20.1. The fourth-order valence-electron chi connectivity index (χ4n) is 3.11. The standard InChI is InChI=1S/C18H22FN3O2S/c1-11-7-13(8-20)9-22(11)18(23)17-12(2)21-16(25-17)10-24-15-5-3-14(19)4-6-15/h3-6,11,13H,7-10,20H2,1-2H3. The molecule has 0 bridgehead atoms. The summed E-state index contributed by atoms with van der Waals surface area (Å²) in [5.41, 5.74) is 6.47. The minimum absolute atomic E-state index is 0.0199. The van der Waals surface area contributed by atoms with Gasteiger partial charge in [-0.1, -0.05) is 0 Å². The van der Waals surface area contributed by atoms with Gasteiger partial charge in [-0.2, -0.15) is 0 Å². The predicted octanol–water partition coefficient (Wildman–Crippen LogP) is 2.98. The monoisotopic (exact) mass is 363 g/mol. The SMILES string of the molecule is Cc1nc(COc2ccc(F)cc2)sc1C(=O)N1CC(CN)CC1C. The van der Waals surface area contributed by atoms with E-state index >= 15 is 0 Å². The van der Waals surface area contributed by atoms with E-state index in [1.54, 1.807) is 12.1 Å². The summed E-state index contributed by atoms with van der Waals surface area (Å²) in [4.78, 5) is 19.8. The third-order valence-electron chi connectivity index (χ3n) is 4.47. The Morgan fingerprint density at radius 3 is 2.80 bits per heavy atom. The lowest BCUT2D eigenvalue weighted by molar-refractivity contribution is 0.0747. The lowest BCUT2D eigenvalue weighted by Gasteiger charge is -2.20. The average molecular weight is 363 g/mol. The molecule has 25 heavy (non-hydrogen) atoms. The van der Waals surface area contributed by atoms with Crippen LogP contribution in [0.15, 0.2) is 24.3 Å². The highest BCUT2D eigenvalue weighted by molar-refractivity contribution is 7.13. The van der Waals surface area contributed by atoms with Gasteiger partial charge in [0.1, 0.15) is 28.1 Å². The fraction of sp³-hybridized carbons (Fsp3) is 0.444. The van der Waals surface area contributed by atoms with Crippen molar-refractivity contribution in [3.05, 3.63) is 45.7 Å².